The van der Waals surface area contributed by atoms with Crippen molar-refractivity contribution in [2.45, 2.75) is 19.9 Å². The van der Waals surface area contributed by atoms with E-state index in [4.69, 9.17) is 9.47 Å². The molecule has 0 aliphatic rings. The van der Waals surface area contributed by atoms with Gasteiger partial charge in [-0.05, 0) is 18.6 Å². The van der Waals surface area contributed by atoms with Gasteiger partial charge in [-0.15, -0.1) is 0 Å². The highest BCUT2D eigenvalue weighted by Crippen LogP contribution is 2.20. The largest absolute Gasteiger partial charge is 0.493 e. The Morgan fingerprint density at radius 3 is 2.75 bits per heavy atom. The Balaban J connectivity index is 2.64. The van der Waals surface area contributed by atoms with Crippen LogP contribution in [0, 0.1) is 6.92 Å². The first-order valence-electron chi connectivity index (χ1n) is 6.81. The van der Waals surface area contributed by atoms with Crippen LogP contribution in [0.3, 0.4) is 0 Å². The molecule has 0 bridgehead atoms. The summed E-state index contributed by atoms with van der Waals surface area (Å²) in [7, 11) is 5.29. The summed E-state index contributed by atoms with van der Waals surface area (Å²) in [5.41, 5.74) is 2.30. The number of rotatable bonds is 7. The molecule has 0 unspecified atom stereocenters. The maximum absolute atomic E-state index is 5.84. The van der Waals surface area contributed by atoms with Crippen LogP contribution >= 0.6 is 0 Å². The van der Waals surface area contributed by atoms with Crippen LogP contribution in [0.5, 0.6) is 5.75 Å². The highest BCUT2D eigenvalue weighted by Gasteiger charge is 2.05. The standard InChI is InChI=1S/C15H25N3O2/c1-12-6-7-13(11-18-15(16-2)17-3)14(10-12)20-9-5-8-19-4/h6-7,10H,5,8-9,11H2,1-4H3,(H2,16,17,18). The summed E-state index contributed by atoms with van der Waals surface area (Å²) >= 11 is 0. The molecule has 2 N–H and O–H groups in total. The quantitative estimate of drug-likeness (QED) is 0.453. The lowest BCUT2D eigenvalue weighted by Gasteiger charge is -2.14. The molecule has 0 atom stereocenters. The molecule has 1 aromatic rings. The van der Waals surface area contributed by atoms with E-state index in [1.165, 1.54) is 5.56 Å². The molecule has 1 aromatic carbocycles. The van der Waals surface area contributed by atoms with Crippen LogP contribution in [0.2, 0.25) is 0 Å². The zero-order valence-electron chi connectivity index (χ0n) is 12.8. The van der Waals surface area contributed by atoms with Gasteiger partial charge in [0, 0.05) is 46.3 Å². The molecular weight excluding hydrogens is 254 g/mol. The smallest absolute Gasteiger partial charge is 0.190 e. The molecule has 0 aromatic heterocycles. The normalized spacial score (nSPS) is 11.3. The van der Waals surface area contributed by atoms with Crippen LogP contribution in [0.25, 0.3) is 0 Å². The summed E-state index contributed by atoms with van der Waals surface area (Å²) in [5, 5.41) is 6.23. The number of nitrogens with zero attached hydrogens (tertiary/aromatic N) is 1. The molecule has 5 nitrogen and oxygen atoms in total. The summed E-state index contributed by atoms with van der Waals surface area (Å²) in [6.45, 7) is 4.11. The van der Waals surface area contributed by atoms with E-state index in [0.717, 1.165) is 23.7 Å². The highest BCUT2D eigenvalue weighted by atomic mass is 16.5. The number of ether oxygens (including phenoxy) is 2. The third-order valence-electron chi connectivity index (χ3n) is 2.88. The van der Waals surface area contributed by atoms with Gasteiger partial charge >= 0.3 is 0 Å². The number of aryl methyl sites for hydroxylation is 1. The molecule has 112 valence electrons. The van der Waals surface area contributed by atoms with Crippen molar-refractivity contribution in [3.8, 4) is 5.75 Å². The lowest BCUT2D eigenvalue weighted by Crippen LogP contribution is -2.34. The van der Waals surface area contributed by atoms with Gasteiger partial charge in [0.25, 0.3) is 0 Å². The summed E-state index contributed by atoms with van der Waals surface area (Å²) in [6.07, 6.45) is 0.884. The van der Waals surface area contributed by atoms with Crippen molar-refractivity contribution in [2.75, 3.05) is 34.4 Å². The molecule has 0 amide bonds. The van der Waals surface area contributed by atoms with Crippen molar-refractivity contribution in [3.63, 3.8) is 0 Å². The molecule has 1 rings (SSSR count). The first-order valence-corrected chi connectivity index (χ1v) is 6.81. The molecule has 0 aliphatic heterocycles. The Hall–Kier alpha value is -1.75. The van der Waals surface area contributed by atoms with Gasteiger partial charge in [-0.1, -0.05) is 12.1 Å². The van der Waals surface area contributed by atoms with Crippen LogP contribution in [-0.2, 0) is 11.3 Å². The average Bonchev–Trinajstić information content (AvgIpc) is 2.46. The predicted octanol–water partition coefficient (Wildman–Crippen LogP) is 1.71. The molecule has 5 heteroatoms. The summed E-state index contributed by atoms with van der Waals surface area (Å²) in [6, 6.07) is 6.23. The van der Waals surface area contributed by atoms with E-state index in [1.54, 1.807) is 14.2 Å². The van der Waals surface area contributed by atoms with E-state index in [2.05, 4.69) is 40.7 Å². The maximum Gasteiger partial charge on any atom is 0.190 e. The maximum atomic E-state index is 5.84. The number of guanidine groups is 1. The van der Waals surface area contributed by atoms with Gasteiger partial charge in [0.1, 0.15) is 5.75 Å². The molecule has 0 aliphatic carbocycles. The van der Waals surface area contributed by atoms with Gasteiger partial charge in [-0.2, -0.15) is 0 Å². The molecular formula is C15H25N3O2. The fraction of sp³-hybridized carbons (Fsp3) is 0.533. The van der Waals surface area contributed by atoms with E-state index >= 15 is 0 Å². The minimum Gasteiger partial charge on any atom is -0.493 e. The minimum atomic E-state index is 0.658. The number of hydrogen-bond acceptors (Lipinski definition) is 3. The van der Waals surface area contributed by atoms with Crippen molar-refractivity contribution in [3.05, 3.63) is 29.3 Å². The number of nitrogens with one attached hydrogen (secondary N) is 2. The average molecular weight is 279 g/mol. The predicted molar refractivity (Wildman–Crippen MR) is 82.4 cm³/mol. The van der Waals surface area contributed by atoms with Gasteiger partial charge in [0.05, 0.1) is 6.61 Å². The molecule has 0 spiro atoms. The zero-order chi connectivity index (χ0) is 14.8. The monoisotopic (exact) mass is 279 g/mol. The number of hydrogen-bond donors (Lipinski definition) is 2. The van der Waals surface area contributed by atoms with Gasteiger partial charge in [0.15, 0.2) is 5.96 Å². The lowest BCUT2D eigenvalue weighted by atomic mass is 10.1. The molecule has 0 heterocycles. The van der Waals surface area contributed by atoms with Crippen LogP contribution in [-0.4, -0.2) is 40.4 Å². The summed E-state index contributed by atoms with van der Waals surface area (Å²) < 4.78 is 10.9. The molecule has 0 saturated heterocycles. The SMILES string of the molecule is CN=C(NC)NCc1ccc(C)cc1OCCCOC. The Morgan fingerprint density at radius 1 is 1.30 bits per heavy atom. The lowest BCUT2D eigenvalue weighted by molar-refractivity contribution is 0.172. The first kappa shape index (κ1) is 16.3. The second kappa shape index (κ2) is 9.20. The van der Waals surface area contributed by atoms with Gasteiger partial charge < -0.3 is 20.1 Å². The van der Waals surface area contributed by atoms with E-state index in [-0.39, 0.29) is 0 Å². The highest BCUT2D eigenvalue weighted by molar-refractivity contribution is 5.79. The Labute approximate surface area is 121 Å². The zero-order valence-corrected chi connectivity index (χ0v) is 12.8. The number of methoxy groups -OCH3 is 1. The summed E-state index contributed by atoms with van der Waals surface area (Å²) in [4.78, 5) is 4.09. The topological polar surface area (TPSA) is 54.9 Å². The van der Waals surface area contributed by atoms with Crippen LogP contribution in [0.15, 0.2) is 23.2 Å². The van der Waals surface area contributed by atoms with Gasteiger partial charge in [-0.3, -0.25) is 4.99 Å². The van der Waals surface area contributed by atoms with Crippen LogP contribution in [0.4, 0.5) is 0 Å². The third kappa shape index (κ3) is 5.48. The number of aliphatic imine (C=N–C) groups is 1. The van der Waals surface area contributed by atoms with Gasteiger partial charge in [0.2, 0.25) is 0 Å². The Kier molecular flexibility index (Phi) is 7.50. The van der Waals surface area contributed by atoms with Crippen LogP contribution in [0.1, 0.15) is 17.5 Å². The number of benzene rings is 1. The van der Waals surface area contributed by atoms with E-state index in [1.807, 2.05) is 7.05 Å². The molecule has 0 radical (unpaired) electrons. The molecule has 0 fully saturated rings. The van der Waals surface area contributed by atoms with Gasteiger partial charge in [-0.25, -0.2) is 0 Å². The summed E-state index contributed by atoms with van der Waals surface area (Å²) in [5.74, 6) is 1.68. The van der Waals surface area contributed by atoms with Crippen LogP contribution < -0.4 is 15.4 Å². The van der Waals surface area contributed by atoms with Crippen molar-refractivity contribution in [1.29, 1.82) is 0 Å². The Bertz CT molecular complexity index is 433. The fourth-order valence-electron chi connectivity index (χ4n) is 1.79. The van der Waals surface area contributed by atoms with Crippen molar-refractivity contribution in [2.24, 2.45) is 4.99 Å². The Morgan fingerprint density at radius 2 is 2.10 bits per heavy atom. The van der Waals surface area contributed by atoms with E-state index in [9.17, 15) is 0 Å². The third-order valence-corrected chi connectivity index (χ3v) is 2.88. The van der Waals surface area contributed by atoms with Crippen molar-refractivity contribution in [1.82, 2.24) is 10.6 Å². The first-order chi connectivity index (χ1) is 9.71. The fourth-order valence-corrected chi connectivity index (χ4v) is 1.79. The van der Waals surface area contributed by atoms with Crippen molar-refractivity contribution < 1.29 is 9.47 Å². The van der Waals surface area contributed by atoms with Crippen molar-refractivity contribution >= 4 is 5.96 Å². The van der Waals surface area contributed by atoms with E-state index < -0.39 is 0 Å². The molecule has 0 saturated carbocycles. The second-order valence-electron chi connectivity index (χ2n) is 4.48. The molecule has 20 heavy (non-hydrogen) atoms. The second-order valence-corrected chi connectivity index (χ2v) is 4.48. The minimum absolute atomic E-state index is 0.658. The van der Waals surface area contributed by atoms with E-state index in [0.29, 0.717) is 19.8 Å².